The normalized spacial score (nSPS) is 25.9. The molecule has 1 fully saturated rings. The van der Waals surface area contributed by atoms with Crippen LogP contribution in [0.4, 0.5) is 5.69 Å². The van der Waals surface area contributed by atoms with Gasteiger partial charge in [-0.2, -0.15) is 0 Å². The number of aliphatic hydroxyl groups excluding tert-OH is 1. The van der Waals surface area contributed by atoms with Gasteiger partial charge in [-0.1, -0.05) is 0 Å². The summed E-state index contributed by atoms with van der Waals surface area (Å²) in [6.45, 7) is -0.262. The average molecular weight is 317 g/mol. The maximum Gasteiger partial charge on any atom is 0.269 e. The van der Waals surface area contributed by atoms with Crippen molar-refractivity contribution in [3.63, 3.8) is 0 Å². The molecule has 2 atom stereocenters. The van der Waals surface area contributed by atoms with Crippen LogP contribution >= 0.6 is 0 Å². The van der Waals surface area contributed by atoms with Crippen LogP contribution in [0.1, 0.15) is 5.56 Å². The number of aliphatic hydroxyl groups is 1. The molecule has 0 amide bonds. The molecule has 1 heterocycles. The van der Waals surface area contributed by atoms with E-state index in [2.05, 4.69) is 0 Å². The summed E-state index contributed by atoms with van der Waals surface area (Å²) < 4.78 is 34.2. The number of sulfone groups is 1. The molecular formula is C12H15NO7S. The van der Waals surface area contributed by atoms with Gasteiger partial charge in [-0.05, 0) is 12.1 Å². The molecule has 0 radical (unpaired) electrons. The Balaban J connectivity index is 2.38. The number of ether oxygens (including phenoxy) is 2. The summed E-state index contributed by atoms with van der Waals surface area (Å²) in [6.07, 6.45) is 0.404. The van der Waals surface area contributed by atoms with E-state index >= 15 is 0 Å². The second-order valence-corrected chi connectivity index (χ2v) is 7.00. The molecule has 0 unspecified atom stereocenters. The lowest BCUT2D eigenvalue weighted by molar-refractivity contribution is -0.384. The minimum atomic E-state index is -3.44. The van der Waals surface area contributed by atoms with Crippen LogP contribution in [0, 0.1) is 10.1 Å². The van der Waals surface area contributed by atoms with E-state index in [4.69, 9.17) is 14.6 Å². The van der Waals surface area contributed by atoms with Gasteiger partial charge in [0.05, 0.1) is 18.1 Å². The Labute approximate surface area is 121 Å². The summed E-state index contributed by atoms with van der Waals surface area (Å²) in [5, 5.41) is 19.8. The molecule has 1 aromatic rings. The summed E-state index contributed by atoms with van der Waals surface area (Å²) in [6, 6.07) is 5.28. The summed E-state index contributed by atoms with van der Waals surface area (Å²) in [4.78, 5) is 10.1. The lowest BCUT2D eigenvalue weighted by atomic mass is 10.1. The van der Waals surface area contributed by atoms with Gasteiger partial charge in [-0.25, -0.2) is 8.42 Å². The molecule has 9 heteroatoms. The van der Waals surface area contributed by atoms with Gasteiger partial charge in [0, 0.05) is 24.0 Å². The van der Waals surface area contributed by atoms with Gasteiger partial charge < -0.3 is 14.6 Å². The predicted octanol–water partition coefficient (Wildman–Crippen LogP) is 0.200. The third kappa shape index (κ3) is 3.56. The molecule has 1 aromatic carbocycles. The van der Waals surface area contributed by atoms with E-state index in [1.807, 2.05) is 0 Å². The first-order valence-corrected chi connectivity index (χ1v) is 8.17. The van der Waals surface area contributed by atoms with Crippen LogP contribution in [0.3, 0.4) is 0 Å². The molecule has 1 aliphatic rings. The number of benzene rings is 1. The van der Waals surface area contributed by atoms with E-state index in [1.165, 1.54) is 24.3 Å². The molecule has 1 N–H and O–H groups in total. The Bertz CT molecular complexity index is 628. The molecule has 0 aromatic heterocycles. The predicted molar refractivity (Wildman–Crippen MR) is 72.4 cm³/mol. The first-order chi connectivity index (χ1) is 9.76. The number of rotatable bonds is 5. The van der Waals surface area contributed by atoms with Gasteiger partial charge in [0.2, 0.25) is 5.79 Å². The van der Waals surface area contributed by atoms with Gasteiger partial charge in [0.1, 0.15) is 11.9 Å². The van der Waals surface area contributed by atoms with Crippen LogP contribution in [0.5, 0.6) is 0 Å². The second kappa shape index (κ2) is 5.68. The number of nitro benzene ring substituents is 1. The summed E-state index contributed by atoms with van der Waals surface area (Å²) in [5.74, 6) is -1.98. The van der Waals surface area contributed by atoms with Gasteiger partial charge in [-0.15, -0.1) is 0 Å². The molecule has 0 spiro atoms. The van der Waals surface area contributed by atoms with E-state index in [-0.39, 0.29) is 18.9 Å². The average Bonchev–Trinajstić information content (AvgIpc) is 2.81. The van der Waals surface area contributed by atoms with Crippen molar-refractivity contribution < 1.29 is 27.9 Å². The highest BCUT2D eigenvalue weighted by atomic mass is 32.2. The van der Waals surface area contributed by atoms with Crippen molar-refractivity contribution in [2.24, 2.45) is 0 Å². The number of hydrogen-bond donors (Lipinski definition) is 1. The molecule has 0 bridgehead atoms. The van der Waals surface area contributed by atoms with Crippen LogP contribution in [0.15, 0.2) is 24.3 Å². The van der Waals surface area contributed by atoms with Crippen molar-refractivity contribution in [2.45, 2.75) is 11.9 Å². The highest BCUT2D eigenvalue weighted by Gasteiger charge is 2.45. The standard InChI is InChI=1S/C12H15NO7S/c1-21(17,18)8-12(19-7-11(6-14)20-12)9-2-4-10(5-3-9)13(15)16/h2-5,11,14H,6-8H2,1H3/t11-,12+/m0/s1. The van der Waals surface area contributed by atoms with E-state index in [1.54, 1.807) is 0 Å². The molecule has 0 aliphatic carbocycles. The largest absolute Gasteiger partial charge is 0.394 e. The molecule has 1 aliphatic heterocycles. The number of nitrogens with zero attached hydrogens (tertiary/aromatic N) is 1. The van der Waals surface area contributed by atoms with Crippen molar-refractivity contribution in [1.82, 2.24) is 0 Å². The van der Waals surface area contributed by atoms with Crippen molar-refractivity contribution in [1.29, 1.82) is 0 Å². The van der Waals surface area contributed by atoms with E-state index in [9.17, 15) is 18.5 Å². The Morgan fingerprint density at radius 1 is 1.43 bits per heavy atom. The maximum absolute atomic E-state index is 11.6. The third-order valence-electron chi connectivity index (χ3n) is 3.03. The fourth-order valence-electron chi connectivity index (χ4n) is 2.15. The monoisotopic (exact) mass is 317 g/mol. The Hall–Kier alpha value is -1.55. The SMILES string of the molecule is CS(=O)(=O)C[C@@]1(c2ccc([N+](=O)[O-])cc2)OC[C@H](CO)O1. The Kier molecular flexibility index (Phi) is 4.28. The smallest absolute Gasteiger partial charge is 0.269 e. The zero-order valence-corrected chi connectivity index (χ0v) is 12.1. The topological polar surface area (TPSA) is 116 Å². The Morgan fingerprint density at radius 2 is 2.05 bits per heavy atom. The van der Waals surface area contributed by atoms with Crippen molar-refractivity contribution in [3.05, 3.63) is 39.9 Å². The van der Waals surface area contributed by atoms with Gasteiger partial charge >= 0.3 is 0 Å². The van der Waals surface area contributed by atoms with E-state index in [0.29, 0.717) is 5.56 Å². The number of hydrogen-bond acceptors (Lipinski definition) is 7. The van der Waals surface area contributed by atoms with Crippen molar-refractivity contribution in [3.8, 4) is 0 Å². The molecule has 116 valence electrons. The van der Waals surface area contributed by atoms with Crippen LogP contribution in [-0.4, -0.2) is 49.8 Å². The molecular weight excluding hydrogens is 302 g/mol. The molecule has 21 heavy (non-hydrogen) atoms. The summed E-state index contributed by atoms with van der Waals surface area (Å²) in [7, 11) is -3.44. The van der Waals surface area contributed by atoms with Gasteiger partial charge in [-0.3, -0.25) is 10.1 Å². The summed E-state index contributed by atoms with van der Waals surface area (Å²) in [5.41, 5.74) is 0.236. The second-order valence-electron chi connectivity index (χ2n) is 4.86. The molecule has 0 saturated carbocycles. The first kappa shape index (κ1) is 15.8. The van der Waals surface area contributed by atoms with E-state index < -0.39 is 32.4 Å². The number of non-ortho nitro benzene ring substituents is 1. The van der Waals surface area contributed by atoms with Crippen LogP contribution in [-0.2, 0) is 25.1 Å². The lowest BCUT2D eigenvalue weighted by Gasteiger charge is -2.27. The highest BCUT2D eigenvalue weighted by molar-refractivity contribution is 7.90. The van der Waals surface area contributed by atoms with E-state index in [0.717, 1.165) is 6.26 Å². The Morgan fingerprint density at radius 3 is 2.48 bits per heavy atom. The van der Waals surface area contributed by atoms with Crippen LogP contribution in [0.2, 0.25) is 0 Å². The first-order valence-electron chi connectivity index (χ1n) is 6.11. The minimum Gasteiger partial charge on any atom is -0.394 e. The molecule has 2 rings (SSSR count). The maximum atomic E-state index is 11.6. The molecule has 1 saturated heterocycles. The van der Waals surface area contributed by atoms with Crippen LogP contribution in [0.25, 0.3) is 0 Å². The van der Waals surface area contributed by atoms with Crippen molar-refractivity contribution >= 4 is 15.5 Å². The van der Waals surface area contributed by atoms with Gasteiger partial charge in [0.25, 0.3) is 5.69 Å². The lowest BCUT2D eigenvalue weighted by Crippen LogP contribution is -2.36. The highest BCUT2D eigenvalue weighted by Crippen LogP contribution is 2.36. The zero-order chi connectivity index (χ0) is 15.7. The van der Waals surface area contributed by atoms with Crippen molar-refractivity contribution in [2.75, 3.05) is 25.2 Å². The van der Waals surface area contributed by atoms with Crippen LogP contribution < -0.4 is 0 Å². The zero-order valence-electron chi connectivity index (χ0n) is 11.3. The van der Waals surface area contributed by atoms with Gasteiger partial charge in [0.15, 0.2) is 9.84 Å². The summed E-state index contributed by atoms with van der Waals surface area (Å²) >= 11 is 0. The third-order valence-corrected chi connectivity index (χ3v) is 3.94. The molecule has 8 nitrogen and oxygen atoms in total. The quantitative estimate of drug-likeness (QED) is 0.609. The fourth-order valence-corrected chi connectivity index (χ4v) is 3.16. The number of nitro groups is 1. The minimum absolute atomic E-state index is 0.0447. The fraction of sp³-hybridized carbons (Fsp3) is 0.500.